The van der Waals surface area contributed by atoms with Crippen molar-refractivity contribution in [3.63, 3.8) is 0 Å². The fourth-order valence-corrected chi connectivity index (χ4v) is 1.45. The zero-order valence-electron chi connectivity index (χ0n) is 6.90. The minimum atomic E-state index is -2.55. The summed E-state index contributed by atoms with van der Waals surface area (Å²) in [6.07, 6.45) is -0.147. The molecule has 1 aliphatic rings. The van der Waals surface area contributed by atoms with E-state index >= 15 is 0 Å². The highest BCUT2D eigenvalue weighted by atomic mass is 19.3. The van der Waals surface area contributed by atoms with Crippen LogP contribution in [0.2, 0.25) is 0 Å². The van der Waals surface area contributed by atoms with Crippen LogP contribution in [0.15, 0.2) is 0 Å². The fraction of sp³-hybridized carbons (Fsp3) is 1.00. The summed E-state index contributed by atoms with van der Waals surface area (Å²) in [6.45, 7) is 3.31. The fourth-order valence-electron chi connectivity index (χ4n) is 1.45. The molecule has 0 aromatic heterocycles. The van der Waals surface area contributed by atoms with Crippen molar-refractivity contribution in [2.45, 2.75) is 44.6 Å². The Balaban J connectivity index is 2.63. The van der Waals surface area contributed by atoms with Crippen molar-refractivity contribution in [3.05, 3.63) is 0 Å². The number of halogens is 2. The van der Waals surface area contributed by atoms with Gasteiger partial charge in [0.2, 0.25) is 5.92 Å². The van der Waals surface area contributed by atoms with Gasteiger partial charge >= 0.3 is 0 Å². The van der Waals surface area contributed by atoms with Crippen molar-refractivity contribution in [2.24, 2.45) is 5.92 Å². The average Bonchev–Trinajstić information content (AvgIpc) is 1.81. The molecule has 0 aromatic rings. The maximum absolute atomic E-state index is 12.7. The summed E-state index contributed by atoms with van der Waals surface area (Å²) in [6, 6.07) is 0. The van der Waals surface area contributed by atoms with Crippen LogP contribution in [0.4, 0.5) is 8.78 Å². The second-order valence-corrected chi connectivity index (χ2v) is 3.82. The molecule has 0 aromatic carbocycles. The van der Waals surface area contributed by atoms with Crippen molar-refractivity contribution in [1.29, 1.82) is 0 Å². The molecule has 66 valence electrons. The van der Waals surface area contributed by atoms with Crippen LogP contribution < -0.4 is 0 Å². The van der Waals surface area contributed by atoms with Crippen LogP contribution in [0.25, 0.3) is 0 Å². The first-order chi connectivity index (χ1) is 4.83. The first-order valence-electron chi connectivity index (χ1n) is 3.94. The largest absolute Gasteiger partial charge is 0.390 e. The Morgan fingerprint density at radius 3 is 2.27 bits per heavy atom. The molecule has 1 aliphatic carbocycles. The smallest absolute Gasteiger partial charge is 0.248 e. The molecule has 0 saturated heterocycles. The zero-order chi connectivity index (χ0) is 8.70. The van der Waals surface area contributed by atoms with E-state index in [1.165, 1.54) is 0 Å². The van der Waals surface area contributed by atoms with E-state index in [1.807, 2.05) is 0 Å². The van der Waals surface area contributed by atoms with Gasteiger partial charge in [-0.15, -0.1) is 0 Å². The van der Waals surface area contributed by atoms with E-state index in [4.69, 9.17) is 0 Å². The van der Waals surface area contributed by atoms with E-state index in [9.17, 15) is 13.9 Å². The molecule has 0 unspecified atom stereocenters. The monoisotopic (exact) mass is 164 g/mol. The lowest BCUT2D eigenvalue weighted by molar-refractivity contribution is -0.127. The van der Waals surface area contributed by atoms with Crippen LogP contribution in [0, 0.1) is 5.92 Å². The Morgan fingerprint density at radius 2 is 1.91 bits per heavy atom. The Hall–Kier alpha value is -0.180. The van der Waals surface area contributed by atoms with Gasteiger partial charge in [-0.05, 0) is 19.3 Å². The highest BCUT2D eigenvalue weighted by Gasteiger charge is 2.44. The molecule has 11 heavy (non-hydrogen) atoms. The van der Waals surface area contributed by atoms with E-state index < -0.39 is 11.5 Å². The predicted molar refractivity (Wildman–Crippen MR) is 38.6 cm³/mol. The van der Waals surface area contributed by atoms with Gasteiger partial charge in [0.1, 0.15) is 0 Å². The summed E-state index contributed by atoms with van der Waals surface area (Å²) in [7, 11) is 0. The first kappa shape index (κ1) is 8.91. The summed E-state index contributed by atoms with van der Waals surface area (Å²) < 4.78 is 25.4. The molecule has 1 saturated carbocycles. The normalized spacial score (nSPS) is 43.9. The van der Waals surface area contributed by atoms with Crippen LogP contribution in [0.3, 0.4) is 0 Å². The van der Waals surface area contributed by atoms with Gasteiger partial charge in [0, 0.05) is 12.8 Å². The quantitative estimate of drug-likeness (QED) is 0.582. The highest BCUT2D eigenvalue weighted by Crippen LogP contribution is 2.41. The maximum atomic E-state index is 12.7. The van der Waals surface area contributed by atoms with Gasteiger partial charge in [-0.25, -0.2) is 8.78 Å². The van der Waals surface area contributed by atoms with E-state index in [1.54, 1.807) is 13.8 Å². The summed E-state index contributed by atoms with van der Waals surface area (Å²) >= 11 is 0. The lowest BCUT2D eigenvalue weighted by atomic mass is 9.76. The molecule has 2 atom stereocenters. The van der Waals surface area contributed by atoms with Crippen molar-refractivity contribution in [1.82, 2.24) is 0 Å². The molecule has 0 heterocycles. The van der Waals surface area contributed by atoms with E-state index in [0.29, 0.717) is 0 Å². The van der Waals surface area contributed by atoms with Gasteiger partial charge in [0.25, 0.3) is 0 Å². The number of hydrogen-bond donors (Lipinski definition) is 1. The van der Waals surface area contributed by atoms with Crippen LogP contribution in [0.1, 0.15) is 33.1 Å². The van der Waals surface area contributed by atoms with Crippen molar-refractivity contribution < 1.29 is 13.9 Å². The minimum absolute atomic E-state index is 0.176. The molecule has 0 radical (unpaired) electrons. The second-order valence-electron chi connectivity index (χ2n) is 3.82. The van der Waals surface area contributed by atoms with Gasteiger partial charge in [-0.3, -0.25) is 0 Å². The summed E-state index contributed by atoms with van der Waals surface area (Å²) in [5.74, 6) is -2.85. The number of alkyl halides is 2. The third-order valence-electron chi connectivity index (χ3n) is 2.66. The van der Waals surface area contributed by atoms with Crippen LogP contribution in [-0.4, -0.2) is 16.6 Å². The van der Waals surface area contributed by atoms with Crippen molar-refractivity contribution in [2.75, 3.05) is 0 Å². The molecular formula is C8H14F2O. The molecule has 1 rings (SSSR count). The number of aliphatic hydroxyl groups is 1. The molecule has 0 bridgehead atoms. The number of rotatable bonds is 0. The maximum Gasteiger partial charge on any atom is 0.248 e. The van der Waals surface area contributed by atoms with Crippen LogP contribution in [-0.2, 0) is 0 Å². The average molecular weight is 164 g/mol. The van der Waals surface area contributed by atoms with Gasteiger partial charge in [-0.2, -0.15) is 0 Å². The lowest BCUT2D eigenvalue weighted by Gasteiger charge is -2.38. The SMILES string of the molecule is C[C@H]1CC(F)(F)CC[C@@]1(C)O. The predicted octanol–water partition coefficient (Wildman–Crippen LogP) is 2.19. The summed E-state index contributed by atoms with van der Waals surface area (Å²) in [5.41, 5.74) is -0.887. The Bertz CT molecular complexity index is 154. The Labute approximate surface area is 65.4 Å². The standard InChI is InChI=1S/C8H14F2O/c1-6-5-8(9,10)4-3-7(6,2)11/h6,11H,3-5H2,1-2H3/t6-,7+/m0/s1. The molecule has 1 N–H and O–H groups in total. The Kier molecular flexibility index (Phi) is 1.95. The van der Waals surface area contributed by atoms with E-state index in [2.05, 4.69) is 0 Å². The third-order valence-corrected chi connectivity index (χ3v) is 2.66. The zero-order valence-corrected chi connectivity index (χ0v) is 6.90. The molecule has 1 nitrogen and oxygen atoms in total. The Morgan fingerprint density at radius 1 is 1.36 bits per heavy atom. The minimum Gasteiger partial charge on any atom is -0.390 e. The van der Waals surface area contributed by atoms with E-state index in [-0.39, 0.29) is 25.2 Å². The molecule has 3 heteroatoms. The summed E-state index contributed by atoms with van der Waals surface area (Å²) in [4.78, 5) is 0. The first-order valence-corrected chi connectivity index (χ1v) is 3.94. The van der Waals surface area contributed by atoms with Gasteiger partial charge < -0.3 is 5.11 Å². The molecule has 0 spiro atoms. The lowest BCUT2D eigenvalue weighted by Crippen LogP contribution is -2.42. The van der Waals surface area contributed by atoms with Gasteiger partial charge in [0.05, 0.1) is 5.60 Å². The topological polar surface area (TPSA) is 20.2 Å². The second kappa shape index (κ2) is 2.41. The van der Waals surface area contributed by atoms with Gasteiger partial charge in [-0.1, -0.05) is 6.92 Å². The molecular weight excluding hydrogens is 150 g/mol. The van der Waals surface area contributed by atoms with Crippen molar-refractivity contribution in [3.8, 4) is 0 Å². The number of hydrogen-bond acceptors (Lipinski definition) is 1. The van der Waals surface area contributed by atoms with Crippen molar-refractivity contribution >= 4 is 0 Å². The molecule has 0 aliphatic heterocycles. The molecule has 0 amide bonds. The van der Waals surface area contributed by atoms with Crippen LogP contribution >= 0.6 is 0 Å². The summed E-state index contributed by atoms with van der Waals surface area (Å²) in [5, 5.41) is 9.54. The van der Waals surface area contributed by atoms with E-state index in [0.717, 1.165) is 0 Å². The van der Waals surface area contributed by atoms with Crippen LogP contribution in [0.5, 0.6) is 0 Å². The van der Waals surface area contributed by atoms with Gasteiger partial charge in [0.15, 0.2) is 0 Å². The highest BCUT2D eigenvalue weighted by molar-refractivity contribution is 4.90. The third kappa shape index (κ3) is 1.89. The molecule has 1 fully saturated rings.